The Bertz CT molecular complexity index is 1010. The molecule has 9 heteroatoms. The van der Waals surface area contributed by atoms with Crippen molar-refractivity contribution in [3.05, 3.63) is 59.7 Å². The maximum atomic E-state index is 5.98. The third kappa shape index (κ3) is 6.05. The molecule has 1 saturated heterocycles. The van der Waals surface area contributed by atoms with Crippen LogP contribution in [0, 0.1) is 5.92 Å². The van der Waals surface area contributed by atoms with Crippen molar-refractivity contribution < 1.29 is 28.4 Å². The van der Waals surface area contributed by atoms with Gasteiger partial charge in [0.2, 0.25) is 11.7 Å². The lowest BCUT2D eigenvalue weighted by Crippen LogP contribution is -2.32. The fourth-order valence-corrected chi connectivity index (χ4v) is 3.62. The number of anilines is 1. The number of methoxy groups -OCH3 is 4. The molecule has 0 N–H and O–H groups in total. The molecule has 2 aromatic carbocycles. The Morgan fingerprint density at radius 3 is 1.60 bits per heavy atom. The number of hydrogen-bond donors (Lipinski definition) is 0. The Labute approximate surface area is 205 Å². The van der Waals surface area contributed by atoms with Crippen molar-refractivity contribution in [2.45, 2.75) is 13.1 Å². The zero-order valence-electron chi connectivity index (χ0n) is 20.5. The highest BCUT2D eigenvalue weighted by Gasteiger charge is 2.25. The number of benzene rings is 2. The molecule has 0 bridgehead atoms. The molecule has 1 fully saturated rings. The Kier molecular flexibility index (Phi) is 8.10. The van der Waals surface area contributed by atoms with Crippen LogP contribution in [0.4, 0.5) is 5.95 Å². The molecule has 35 heavy (non-hydrogen) atoms. The minimum absolute atomic E-state index is 0.321. The van der Waals surface area contributed by atoms with E-state index in [-0.39, 0.29) is 0 Å². The van der Waals surface area contributed by atoms with Crippen LogP contribution >= 0.6 is 0 Å². The van der Waals surface area contributed by atoms with Gasteiger partial charge in [0.05, 0.1) is 48.3 Å². The molecule has 2 heterocycles. The first-order chi connectivity index (χ1) is 17.1. The minimum Gasteiger partial charge on any atom is -0.497 e. The monoisotopic (exact) mass is 481 g/mol. The van der Waals surface area contributed by atoms with Gasteiger partial charge in [-0.15, -0.1) is 0 Å². The van der Waals surface area contributed by atoms with Gasteiger partial charge in [-0.1, -0.05) is 24.3 Å². The second-order valence-electron chi connectivity index (χ2n) is 8.14. The van der Waals surface area contributed by atoms with E-state index in [1.54, 1.807) is 28.4 Å². The van der Waals surface area contributed by atoms with E-state index in [4.69, 9.17) is 28.4 Å². The van der Waals surface area contributed by atoms with E-state index < -0.39 is 0 Å². The Balaban J connectivity index is 1.65. The maximum absolute atomic E-state index is 5.98. The van der Waals surface area contributed by atoms with Crippen molar-refractivity contribution in [3.63, 3.8) is 0 Å². The smallest absolute Gasteiger partial charge is 0.265 e. The van der Waals surface area contributed by atoms with E-state index >= 15 is 0 Å². The normalized spacial score (nSPS) is 13.0. The molecule has 0 spiro atoms. The maximum Gasteiger partial charge on any atom is 0.265 e. The summed E-state index contributed by atoms with van der Waals surface area (Å²) in [5, 5.41) is 0. The van der Waals surface area contributed by atoms with Gasteiger partial charge in [-0.05, 0) is 35.4 Å². The average Bonchev–Trinajstić information content (AvgIpc) is 2.88. The lowest BCUT2D eigenvalue weighted by Gasteiger charge is -2.27. The number of rotatable bonds is 12. The summed E-state index contributed by atoms with van der Waals surface area (Å²) < 4.78 is 33.0. The van der Waals surface area contributed by atoms with Gasteiger partial charge in [0.25, 0.3) is 11.8 Å². The molecule has 0 unspecified atom stereocenters. The van der Waals surface area contributed by atoms with Gasteiger partial charge in [0, 0.05) is 19.0 Å². The van der Waals surface area contributed by atoms with Crippen LogP contribution in [0.3, 0.4) is 0 Å². The third-order valence-electron chi connectivity index (χ3n) is 5.70. The van der Waals surface area contributed by atoms with Crippen LogP contribution in [0.25, 0.3) is 0 Å². The summed E-state index contributed by atoms with van der Waals surface area (Å²) in [6.45, 7) is 2.96. The van der Waals surface area contributed by atoms with Gasteiger partial charge in [0.1, 0.15) is 11.5 Å². The summed E-state index contributed by atoms with van der Waals surface area (Å²) in [6.07, 6.45) is 0. The van der Waals surface area contributed by atoms with Crippen molar-refractivity contribution in [2.75, 3.05) is 53.2 Å². The van der Waals surface area contributed by atoms with Crippen molar-refractivity contribution in [1.29, 1.82) is 0 Å². The van der Waals surface area contributed by atoms with Gasteiger partial charge in [-0.2, -0.15) is 9.97 Å². The van der Waals surface area contributed by atoms with Crippen LogP contribution in [0.2, 0.25) is 0 Å². The fourth-order valence-electron chi connectivity index (χ4n) is 3.62. The Hall–Kier alpha value is -3.72. The highest BCUT2D eigenvalue weighted by Crippen LogP contribution is 2.37. The van der Waals surface area contributed by atoms with Gasteiger partial charge in [-0.25, -0.2) is 0 Å². The topological polar surface area (TPSA) is 84.4 Å². The first-order valence-corrected chi connectivity index (χ1v) is 11.3. The van der Waals surface area contributed by atoms with Crippen molar-refractivity contribution >= 4 is 5.95 Å². The predicted octanol–water partition coefficient (Wildman–Crippen LogP) is 3.74. The summed E-state index contributed by atoms with van der Waals surface area (Å²) in [5.41, 5.74) is 2.15. The molecule has 3 aromatic rings. The van der Waals surface area contributed by atoms with E-state index in [9.17, 15) is 0 Å². The van der Waals surface area contributed by atoms with E-state index in [1.807, 2.05) is 48.5 Å². The van der Waals surface area contributed by atoms with Crippen LogP contribution in [0.1, 0.15) is 11.1 Å². The fraction of sp³-hybridized carbons (Fsp3) is 0.385. The van der Waals surface area contributed by atoms with Crippen LogP contribution < -0.4 is 28.6 Å². The molecule has 1 aliphatic heterocycles. The minimum atomic E-state index is 0.321. The summed E-state index contributed by atoms with van der Waals surface area (Å²) in [6, 6.07) is 15.8. The van der Waals surface area contributed by atoms with Crippen molar-refractivity contribution in [3.8, 4) is 29.0 Å². The highest BCUT2D eigenvalue weighted by atomic mass is 16.5. The highest BCUT2D eigenvalue weighted by molar-refractivity contribution is 5.49. The molecule has 1 aromatic heterocycles. The zero-order chi connectivity index (χ0) is 24.6. The molecule has 1 aliphatic rings. The molecule has 0 amide bonds. The molecular weight excluding hydrogens is 450 g/mol. The molecular formula is C26H31N3O6. The number of nitrogens with zero attached hydrogens (tertiary/aromatic N) is 3. The molecule has 4 rings (SSSR count). The van der Waals surface area contributed by atoms with Crippen LogP contribution in [0.5, 0.6) is 29.0 Å². The summed E-state index contributed by atoms with van der Waals surface area (Å²) in [4.78, 5) is 11.4. The Morgan fingerprint density at radius 2 is 1.23 bits per heavy atom. The molecule has 186 valence electrons. The van der Waals surface area contributed by atoms with E-state index in [0.717, 1.165) is 22.6 Å². The first kappa shape index (κ1) is 24.4. The third-order valence-corrected chi connectivity index (χ3v) is 5.70. The van der Waals surface area contributed by atoms with Gasteiger partial charge < -0.3 is 33.3 Å². The largest absolute Gasteiger partial charge is 0.497 e. The summed E-state index contributed by atoms with van der Waals surface area (Å²) in [5.74, 6) is 3.43. The average molecular weight is 482 g/mol. The van der Waals surface area contributed by atoms with E-state index in [1.165, 1.54) is 0 Å². The van der Waals surface area contributed by atoms with Crippen LogP contribution in [-0.2, 0) is 17.8 Å². The first-order valence-electron chi connectivity index (χ1n) is 11.3. The van der Waals surface area contributed by atoms with Crippen LogP contribution in [0.15, 0.2) is 48.5 Å². The van der Waals surface area contributed by atoms with Gasteiger partial charge in [-0.3, -0.25) is 0 Å². The quantitative estimate of drug-likeness (QED) is 0.384. The lowest BCUT2D eigenvalue weighted by molar-refractivity contribution is -0.0515. The Morgan fingerprint density at radius 1 is 0.743 bits per heavy atom. The van der Waals surface area contributed by atoms with Crippen LogP contribution in [-0.4, -0.2) is 58.2 Å². The van der Waals surface area contributed by atoms with E-state index in [0.29, 0.717) is 62.3 Å². The molecule has 0 aliphatic carbocycles. The number of hydrogen-bond acceptors (Lipinski definition) is 9. The van der Waals surface area contributed by atoms with Gasteiger partial charge in [0.15, 0.2) is 0 Å². The van der Waals surface area contributed by atoms with Gasteiger partial charge >= 0.3 is 0 Å². The molecule has 9 nitrogen and oxygen atoms in total. The van der Waals surface area contributed by atoms with Crippen molar-refractivity contribution in [1.82, 2.24) is 9.97 Å². The van der Waals surface area contributed by atoms with Crippen molar-refractivity contribution in [2.24, 2.45) is 5.92 Å². The predicted molar refractivity (Wildman–Crippen MR) is 131 cm³/mol. The molecule has 0 radical (unpaired) electrons. The second kappa shape index (κ2) is 11.6. The second-order valence-corrected chi connectivity index (χ2v) is 8.14. The number of ether oxygens (including phenoxy) is 6. The number of aromatic nitrogens is 2. The molecule has 0 saturated carbocycles. The zero-order valence-corrected chi connectivity index (χ0v) is 20.5. The van der Waals surface area contributed by atoms with E-state index in [2.05, 4.69) is 14.9 Å². The summed E-state index contributed by atoms with van der Waals surface area (Å²) in [7, 11) is 6.42. The lowest BCUT2D eigenvalue weighted by atomic mass is 10.1. The molecule has 0 atom stereocenters. The standard InChI is InChI=1S/C26H31N3O6/c1-30-21-9-5-18(6-10-21)13-29(14-19-7-11-22(31-2)12-8-19)26-27-24(32-3)23(25(28-26)33-4)35-17-20-15-34-16-20/h5-12,20H,13-17H2,1-4H3. The SMILES string of the molecule is COc1ccc(CN(Cc2ccc(OC)cc2)c2nc(OC)c(OCC3COC3)c(OC)n2)cc1. The summed E-state index contributed by atoms with van der Waals surface area (Å²) >= 11 is 0.